The Bertz CT molecular complexity index is 22.8. The van der Waals surface area contributed by atoms with E-state index in [2.05, 4.69) is 5.11 Å². The van der Waals surface area contributed by atoms with Crippen LogP contribution in [0.2, 0.25) is 0 Å². The predicted molar refractivity (Wildman–Crippen MR) is 16.8 cm³/mol. The smallest absolute Gasteiger partial charge is 0.290 e. The average molecular weight is 79.1 g/mol. The number of aliphatic hydroxyl groups is 1. The second kappa shape index (κ2) is 110. The van der Waals surface area contributed by atoms with Crippen LogP contribution in [0.4, 0.5) is 0 Å². The van der Waals surface area contributed by atoms with Crippen molar-refractivity contribution >= 4 is 6.47 Å². The molecule has 0 spiro atoms. The summed E-state index contributed by atoms with van der Waals surface area (Å²) in [7, 11) is 1.29. The van der Waals surface area contributed by atoms with Gasteiger partial charge in [-0.2, -0.15) is 0 Å². The largest absolute Gasteiger partial charge is 0.483 e. The van der Waals surface area contributed by atoms with Crippen LogP contribution in [-0.2, 0) is 4.79 Å². The minimum atomic E-state index is -0.250. The van der Waals surface area contributed by atoms with E-state index in [0.29, 0.717) is 0 Å². The fourth-order valence-electron chi connectivity index (χ4n) is 0. The van der Waals surface area contributed by atoms with Crippen LogP contribution in [0.15, 0.2) is 0 Å². The monoisotopic (exact) mass is 79.0 g/mol. The van der Waals surface area contributed by atoms with Crippen molar-refractivity contribution < 1.29 is 15.0 Å². The topological polar surface area (TPSA) is 57.5 Å². The van der Waals surface area contributed by atoms with Crippen LogP contribution < -0.4 is 0 Å². The first kappa shape index (κ1) is 4.43. The van der Waals surface area contributed by atoms with Crippen molar-refractivity contribution in [1.82, 2.24) is 0 Å². The maximum absolute atomic E-state index is 8.36. The lowest BCUT2D eigenvalue weighted by Gasteiger charge is -1.34. The highest BCUT2D eigenvalue weighted by Gasteiger charge is 1.22. The van der Waals surface area contributed by atoms with Crippen LogP contribution in [-0.4, -0.2) is 25.2 Å². The Morgan fingerprint density at radius 1 is 2.20 bits per heavy atom. The third-order valence-electron chi connectivity index (χ3n) is 0. The van der Waals surface area contributed by atoms with Crippen molar-refractivity contribution in [3.05, 3.63) is 0 Å². The zero-order valence-electron chi connectivity index (χ0n) is 3.84. The van der Waals surface area contributed by atoms with Gasteiger partial charge < -0.3 is 10.2 Å². The fourth-order valence-corrected chi connectivity index (χ4v) is 0. The Hall–Kier alpha value is -0.570. The number of hydrogen-bond donors (Lipinski definition) is 2. The van der Waals surface area contributed by atoms with Gasteiger partial charge in [0.05, 0.1) is 0 Å². The lowest BCUT2D eigenvalue weighted by molar-refractivity contribution is -0.122. The van der Waals surface area contributed by atoms with Gasteiger partial charge in [-0.05, 0) is 0 Å². The number of carbonyl (C=O) groups is 1. The summed E-state index contributed by atoms with van der Waals surface area (Å²) >= 11 is 0. The molecule has 0 radical (unpaired) electrons. The number of aliphatic hydroxyl groups excluding tert-OH is 1. The molecule has 0 atom stereocenters. The maximum Gasteiger partial charge on any atom is 0.290 e. The van der Waals surface area contributed by atoms with E-state index >= 15 is 0 Å². The van der Waals surface area contributed by atoms with Gasteiger partial charge in [0.25, 0.3) is 6.47 Å². The Labute approximate surface area is 31.4 Å². The zero-order chi connectivity index (χ0) is 5.41. The Morgan fingerprint density at radius 2 is 2.20 bits per heavy atom. The van der Waals surface area contributed by atoms with Gasteiger partial charge in [-0.1, -0.05) is 0 Å². The Morgan fingerprint density at radius 3 is 2.20 bits per heavy atom. The van der Waals surface area contributed by atoms with Crippen molar-refractivity contribution in [3.63, 3.8) is 0 Å². The molecular formula is C2H6O3. The summed E-state index contributed by atoms with van der Waals surface area (Å²) in [5.41, 5.74) is 0. The van der Waals surface area contributed by atoms with E-state index in [9.17, 15) is 0 Å². The van der Waals surface area contributed by atoms with E-state index in [-0.39, 0.29) is 6.47 Å². The van der Waals surface area contributed by atoms with E-state index in [1.165, 1.54) is 7.11 Å². The molecule has 3 heteroatoms. The van der Waals surface area contributed by atoms with Crippen LogP contribution in [0.1, 0.15) is 0 Å². The minimum Gasteiger partial charge on any atom is -0.483 e. The second-order valence-electron chi connectivity index (χ2n) is 0.105. The van der Waals surface area contributed by atoms with Gasteiger partial charge in [-0.25, -0.2) is 0 Å². The highest BCUT2D eigenvalue weighted by molar-refractivity contribution is 5.32. The Balaban J connectivity index is 0. The van der Waals surface area contributed by atoms with Gasteiger partial charge in [-0.15, -0.1) is 0 Å². The maximum atomic E-state index is 8.36. The van der Waals surface area contributed by atoms with E-state index in [1.54, 1.807) is 0 Å². The normalized spacial score (nSPS) is 6.20. The molecule has 0 amide bonds. The summed E-state index contributed by atoms with van der Waals surface area (Å²) in [6.07, 6.45) is 0. The van der Waals surface area contributed by atoms with Crippen LogP contribution in [0.5, 0.6) is 0 Å². The van der Waals surface area contributed by atoms with Gasteiger partial charge >= 0.3 is 0 Å². The SMILES string of the molecule is O=CO.[2H]OC. The molecule has 2 N–H and O–H groups in total. The van der Waals surface area contributed by atoms with Crippen LogP contribution in [0.3, 0.4) is 0 Å². The molecule has 32 valence electrons. The molecule has 0 heterocycles. The molecule has 0 fully saturated rings. The van der Waals surface area contributed by atoms with Crippen molar-refractivity contribution in [1.29, 1.82) is 1.43 Å². The fraction of sp³-hybridized carbons (Fsp3) is 0.500. The lowest BCUT2D eigenvalue weighted by Crippen LogP contribution is -1.49. The van der Waals surface area contributed by atoms with Gasteiger partial charge in [0.15, 0.2) is 0 Å². The first-order valence-corrected chi connectivity index (χ1v) is 0.902. The van der Waals surface area contributed by atoms with E-state index in [4.69, 9.17) is 11.3 Å². The second-order valence-corrected chi connectivity index (χ2v) is 0.105. The van der Waals surface area contributed by atoms with Gasteiger partial charge in [0.2, 0.25) is 1.43 Å². The van der Waals surface area contributed by atoms with Crippen molar-refractivity contribution in [2.45, 2.75) is 0 Å². The van der Waals surface area contributed by atoms with Crippen LogP contribution >= 0.6 is 0 Å². The zero-order valence-corrected chi connectivity index (χ0v) is 2.84. The molecule has 0 saturated carbocycles. The van der Waals surface area contributed by atoms with Crippen LogP contribution in [0, 0.1) is 0 Å². The number of carboxylic acid groups (broad SMARTS) is 1. The molecule has 0 bridgehead atoms. The summed E-state index contributed by atoms with van der Waals surface area (Å²) in [6, 6.07) is 0. The van der Waals surface area contributed by atoms with Gasteiger partial charge in [0.1, 0.15) is 0 Å². The molecule has 0 aliphatic carbocycles. The Kier molecular flexibility index (Phi) is 97.1. The van der Waals surface area contributed by atoms with Gasteiger partial charge in [-0.3, -0.25) is 4.79 Å². The van der Waals surface area contributed by atoms with Crippen molar-refractivity contribution in [2.24, 2.45) is 0 Å². The summed E-state index contributed by atoms with van der Waals surface area (Å²) in [5, 5.41) is 10.4. The molecule has 0 unspecified atom stereocenters. The van der Waals surface area contributed by atoms with Crippen molar-refractivity contribution in [2.75, 3.05) is 7.11 Å². The number of hydrogen-bond acceptors (Lipinski definition) is 2. The summed E-state index contributed by atoms with van der Waals surface area (Å²) < 4.78 is 5.71. The molecule has 0 aliphatic rings. The van der Waals surface area contributed by atoms with E-state index in [0.717, 1.165) is 0 Å². The highest BCUT2D eigenvalue weighted by Crippen LogP contribution is 0.966. The van der Waals surface area contributed by atoms with E-state index in [1.807, 2.05) is 0 Å². The third kappa shape index (κ3) is 21.6. The summed E-state index contributed by atoms with van der Waals surface area (Å²) in [5.74, 6) is 0. The van der Waals surface area contributed by atoms with Gasteiger partial charge in [0, 0.05) is 7.11 Å². The minimum absolute atomic E-state index is 0.250. The highest BCUT2D eigenvalue weighted by atomic mass is 16.3. The predicted octanol–water partition coefficient (Wildman–Crippen LogP) is -0.691. The molecule has 0 rings (SSSR count). The average Bonchev–Trinajstić information content (AvgIpc) is 1.39. The quantitative estimate of drug-likeness (QED) is 0.378. The summed E-state index contributed by atoms with van der Waals surface area (Å²) in [6.45, 7) is -0.250. The molecular weight excluding hydrogens is 72.0 g/mol. The molecule has 0 aromatic rings. The van der Waals surface area contributed by atoms with Crippen molar-refractivity contribution in [3.8, 4) is 0 Å². The first-order valence-electron chi connectivity index (χ1n) is 1.31. The molecule has 0 aromatic heterocycles. The number of rotatable bonds is 0. The summed E-state index contributed by atoms with van der Waals surface area (Å²) in [4.78, 5) is 8.36. The van der Waals surface area contributed by atoms with Crippen LogP contribution in [0.25, 0.3) is 0 Å². The molecule has 3 nitrogen and oxygen atoms in total. The first-order chi connectivity index (χ1) is 2.83. The third-order valence-corrected chi connectivity index (χ3v) is 0. The lowest BCUT2D eigenvalue weighted by atomic mass is 11.7. The standard InChI is InChI=1S/CH2O2.CH4O/c2-1-3;1-2/h1H,(H,2,3);2H,1H3/i;2D. The molecule has 0 saturated heterocycles. The molecule has 5 heavy (non-hydrogen) atoms. The van der Waals surface area contributed by atoms with E-state index < -0.39 is 0 Å². The molecule has 0 aliphatic heterocycles. The molecule has 0 aromatic carbocycles.